The molecule has 0 spiro atoms. The number of aliphatic carboxylic acids is 1. The first-order valence-corrected chi connectivity index (χ1v) is 7.23. The summed E-state index contributed by atoms with van der Waals surface area (Å²) in [6, 6.07) is 1.42. The number of nitrogens with zero attached hydrogens (tertiary/aromatic N) is 4. The van der Waals surface area contributed by atoms with Crippen LogP contribution in [0.4, 0.5) is 0 Å². The molecular weight excluding hydrogens is 264 g/mol. The summed E-state index contributed by atoms with van der Waals surface area (Å²) in [4.78, 5) is 21.8. The van der Waals surface area contributed by atoms with Crippen LogP contribution in [0.5, 0.6) is 0 Å². The third-order valence-electron chi connectivity index (χ3n) is 3.17. The van der Waals surface area contributed by atoms with Crippen LogP contribution in [0, 0.1) is 0 Å². The van der Waals surface area contributed by atoms with E-state index in [2.05, 4.69) is 9.97 Å². The fourth-order valence-corrected chi connectivity index (χ4v) is 3.33. The third kappa shape index (κ3) is 2.57. The number of carboxylic acid groups (broad SMARTS) is 1. The average Bonchev–Trinajstić information content (AvgIpc) is 2.81. The number of imidazole rings is 1. The van der Waals surface area contributed by atoms with E-state index < -0.39 is 12.0 Å². The van der Waals surface area contributed by atoms with E-state index in [4.69, 9.17) is 0 Å². The molecule has 1 saturated heterocycles. The Morgan fingerprint density at radius 3 is 3.26 bits per heavy atom. The number of carbonyl (C=O) groups is 1. The Morgan fingerprint density at radius 1 is 1.58 bits per heavy atom. The molecule has 1 fully saturated rings. The van der Waals surface area contributed by atoms with Gasteiger partial charge in [0, 0.05) is 43.2 Å². The fourth-order valence-electron chi connectivity index (χ4n) is 2.22. The highest BCUT2D eigenvalue weighted by atomic mass is 32.2. The van der Waals surface area contributed by atoms with Crippen molar-refractivity contribution in [2.45, 2.75) is 12.6 Å². The summed E-state index contributed by atoms with van der Waals surface area (Å²) in [5.41, 5.74) is 0.858. The molecule has 2 aromatic heterocycles. The minimum absolute atomic E-state index is 0.420. The van der Waals surface area contributed by atoms with Crippen LogP contribution in [-0.4, -0.2) is 54.4 Å². The molecule has 1 aliphatic rings. The van der Waals surface area contributed by atoms with Gasteiger partial charge in [-0.3, -0.25) is 14.1 Å². The molecule has 0 saturated carbocycles. The molecule has 100 valence electrons. The van der Waals surface area contributed by atoms with Crippen LogP contribution >= 0.6 is 11.8 Å². The summed E-state index contributed by atoms with van der Waals surface area (Å²) in [6.45, 7) is 1.34. The van der Waals surface area contributed by atoms with Gasteiger partial charge in [0.1, 0.15) is 6.04 Å². The quantitative estimate of drug-likeness (QED) is 0.892. The second kappa shape index (κ2) is 5.18. The van der Waals surface area contributed by atoms with Gasteiger partial charge in [-0.15, -0.1) is 0 Å². The number of hydrogen-bond donors (Lipinski definition) is 1. The molecule has 2 aromatic rings. The predicted molar refractivity (Wildman–Crippen MR) is 72.1 cm³/mol. The summed E-state index contributed by atoms with van der Waals surface area (Å²) in [7, 11) is 0. The molecule has 1 unspecified atom stereocenters. The summed E-state index contributed by atoms with van der Waals surface area (Å²) in [5, 5.41) is 9.23. The van der Waals surface area contributed by atoms with Gasteiger partial charge in [0.25, 0.3) is 0 Å². The van der Waals surface area contributed by atoms with E-state index in [1.165, 1.54) is 0 Å². The lowest BCUT2D eigenvalue weighted by Gasteiger charge is -2.31. The SMILES string of the molecule is O=C(O)C1CSCCN1Cc1cn2cccnc2n1. The number of rotatable bonds is 3. The zero-order valence-corrected chi connectivity index (χ0v) is 11.1. The molecule has 0 amide bonds. The number of aromatic nitrogens is 3. The zero-order chi connectivity index (χ0) is 13.2. The van der Waals surface area contributed by atoms with Gasteiger partial charge in [-0.1, -0.05) is 0 Å². The van der Waals surface area contributed by atoms with Crippen LogP contribution in [0.25, 0.3) is 5.78 Å². The number of hydrogen-bond acceptors (Lipinski definition) is 5. The van der Waals surface area contributed by atoms with Crippen molar-refractivity contribution in [3.63, 3.8) is 0 Å². The van der Waals surface area contributed by atoms with Crippen molar-refractivity contribution in [3.8, 4) is 0 Å². The van der Waals surface area contributed by atoms with Gasteiger partial charge >= 0.3 is 5.97 Å². The average molecular weight is 278 g/mol. The summed E-state index contributed by atoms with van der Waals surface area (Å²) < 4.78 is 1.85. The van der Waals surface area contributed by atoms with E-state index in [1.807, 2.05) is 27.8 Å². The molecule has 1 atom stereocenters. The monoisotopic (exact) mass is 278 g/mol. The molecule has 0 bridgehead atoms. The normalized spacial score (nSPS) is 20.7. The van der Waals surface area contributed by atoms with Crippen molar-refractivity contribution in [2.24, 2.45) is 0 Å². The highest BCUT2D eigenvalue weighted by Crippen LogP contribution is 2.19. The fraction of sp³-hybridized carbons (Fsp3) is 0.417. The van der Waals surface area contributed by atoms with E-state index in [9.17, 15) is 9.90 Å². The standard InChI is InChI=1S/C12H14N4O2S/c17-11(18)10-8-19-5-4-15(10)6-9-7-16-3-1-2-13-12(16)14-9/h1-3,7,10H,4-6,8H2,(H,17,18). The van der Waals surface area contributed by atoms with Crippen LogP contribution in [0.15, 0.2) is 24.7 Å². The minimum Gasteiger partial charge on any atom is -0.480 e. The van der Waals surface area contributed by atoms with Gasteiger partial charge < -0.3 is 5.11 Å². The summed E-state index contributed by atoms with van der Waals surface area (Å²) in [6.07, 6.45) is 5.49. The Kier molecular flexibility index (Phi) is 3.39. The maximum Gasteiger partial charge on any atom is 0.321 e. The molecule has 3 heterocycles. The Balaban J connectivity index is 1.80. The zero-order valence-electron chi connectivity index (χ0n) is 10.3. The minimum atomic E-state index is -0.755. The van der Waals surface area contributed by atoms with Gasteiger partial charge in [-0.2, -0.15) is 11.8 Å². The Bertz CT molecular complexity index is 567. The van der Waals surface area contributed by atoms with E-state index in [-0.39, 0.29) is 0 Å². The van der Waals surface area contributed by atoms with E-state index >= 15 is 0 Å². The van der Waals surface area contributed by atoms with Gasteiger partial charge in [0.2, 0.25) is 5.78 Å². The van der Waals surface area contributed by atoms with Crippen molar-refractivity contribution >= 4 is 23.5 Å². The Labute approximate surface area is 114 Å². The van der Waals surface area contributed by atoms with Crippen molar-refractivity contribution < 1.29 is 9.90 Å². The van der Waals surface area contributed by atoms with Gasteiger partial charge in [0.05, 0.1) is 5.69 Å². The molecule has 1 N–H and O–H groups in total. The van der Waals surface area contributed by atoms with Crippen LogP contribution in [0.2, 0.25) is 0 Å². The first-order chi connectivity index (χ1) is 9.24. The molecule has 0 aliphatic carbocycles. The van der Waals surface area contributed by atoms with Crippen LogP contribution in [-0.2, 0) is 11.3 Å². The molecule has 0 radical (unpaired) electrons. The Hall–Kier alpha value is -1.60. The Morgan fingerprint density at radius 2 is 2.47 bits per heavy atom. The van der Waals surface area contributed by atoms with Crippen LogP contribution in [0.1, 0.15) is 5.69 Å². The van der Waals surface area contributed by atoms with Crippen molar-refractivity contribution in [1.82, 2.24) is 19.3 Å². The molecule has 0 aromatic carbocycles. The van der Waals surface area contributed by atoms with E-state index in [0.717, 1.165) is 18.0 Å². The number of fused-ring (bicyclic) bond motifs is 1. The second-order valence-electron chi connectivity index (χ2n) is 4.46. The molecule has 6 nitrogen and oxygen atoms in total. The van der Waals surface area contributed by atoms with Crippen molar-refractivity contribution in [3.05, 3.63) is 30.4 Å². The highest BCUT2D eigenvalue weighted by Gasteiger charge is 2.29. The molecule has 7 heteroatoms. The number of thioether (sulfide) groups is 1. The second-order valence-corrected chi connectivity index (χ2v) is 5.61. The first-order valence-electron chi connectivity index (χ1n) is 6.07. The molecule has 3 rings (SSSR count). The van der Waals surface area contributed by atoms with Crippen LogP contribution < -0.4 is 0 Å². The molecule has 1 aliphatic heterocycles. The maximum atomic E-state index is 11.2. The maximum absolute atomic E-state index is 11.2. The lowest BCUT2D eigenvalue weighted by atomic mass is 10.2. The lowest BCUT2D eigenvalue weighted by molar-refractivity contribution is -0.142. The largest absolute Gasteiger partial charge is 0.480 e. The van der Waals surface area contributed by atoms with Crippen LogP contribution in [0.3, 0.4) is 0 Å². The highest BCUT2D eigenvalue weighted by molar-refractivity contribution is 7.99. The third-order valence-corrected chi connectivity index (χ3v) is 4.20. The molecule has 19 heavy (non-hydrogen) atoms. The smallest absolute Gasteiger partial charge is 0.321 e. The van der Waals surface area contributed by atoms with Gasteiger partial charge in [-0.25, -0.2) is 9.97 Å². The van der Waals surface area contributed by atoms with E-state index in [1.54, 1.807) is 18.0 Å². The van der Waals surface area contributed by atoms with Crippen molar-refractivity contribution in [1.29, 1.82) is 0 Å². The van der Waals surface area contributed by atoms with Gasteiger partial charge in [0.15, 0.2) is 0 Å². The van der Waals surface area contributed by atoms with Gasteiger partial charge in [-0.05, 0) is 6.07 Å². The molecular formula is C12H14N4O2S. The van der Waals surface area contributed by atoms with E-state index in [0.29, 0.717) is 18.1 Å². The predicted octanol–water partition coefficient (Wildman–Crippen LogP) is 0.731. The summed E-state index contributed by atoms with van der Waals surface area (Å²) in [5.74, 6) is 1.50. The topological polar surface area (TPSA) is 70.7 Å². The number of carboxylic acids is 1. The first kappa shape index (κ1) is 12.4. The lowest BCUT2D eigenvalue weighted by Crippen LogP contribution is -2.46. The summed E-state index contributed by atoms with van der Waals surface area (Å²) >= 11 is 1.69. The van der Waals surface area contributed by atoms with Crippen molar-refractivity contribution in [2.75, 3.05) is 18.1 Å².